The van der Waals surface area contributed by atoms with Crippen LogP contribution < -0.4 is 0 Å². The quantitative estimate of drug-likeness (QED) is 0.667. The average Bonchev–Trinajstić information content (AvgIpc) is 2.04. The molecule has 0 unspecified atom stereocenters. The molecule has 66 valence electrons. The number of hydrogen-bond donors (Lipinski definition) is 1. The monoisotopic (exact) mass is 285 g/mol. The van der Waals surface area contributed by atoms with Crippen LogP contribution in [0.3, 0.4) is 0 Å². The average molecular weight is 285 g/mol. The van der Waals surface area contributed by atoms with Crippen LogP contribution in [0.15, 0.2) is 12.3 Å². The van der Waals surface area contributed by atoms with Crippen molar-refractivity contribution in [1.29, 1.82) is 0 Å². The van der Waals surface area contributed by atoms with E-state index in [2.05, 4.69) is 4.98 Å². The molecule has 5 heteroatoms. The zero-order valence-electron chi connectivity index (χ0n) is 5.97. The first-order valence-corrected chi connectivity index (χ1v) is 4.26. The highest BCUT2D eigenvalue weighted by Crippen LogP contribution is 2.23. The van der Waals surface area contributed by atoms with Crippen molar-refractivity contribution >= 4 is 22.6 Å². The fourth-order valence-electron chi connectivity index (χ4n) is 0.808. The molecule has 0 aliphatic heterocycles. The summed E-state index contributed by atoms with van der Waals surface area (Å²) in [5.74, 6) is 0. The van der Waals surface area contributed by atoms with Crippen molar-refractivity contribution in [3.8, 4) is 0 Å². The Morgan fingerprint density at radius 3 is 2.75 bits per heavy atom. The molecule has 1 rings (SSSR count). The lowest BCUT2D eigenvalue weighted by molar-refractivity contribution is 0.147. The molecule has 0 spiro atoms. The van der Waals surface area contributed by atoms with Gasteiger partial charge in [-0.05, 0) is 28.7 Å². The number of halogens is 3. The Morgan fingerprint density at radius 2 is 2.25 bits per heavy atom. The number of alkyl halides is 2. The van der Waals surface area contributed by atoms with Gasteiger partial charge in [0.1, 0.15) is 3.70 Å². The third-order valence-corrected chi connectivity index (χ3v) is 1.98. The Bertz CT molecular complexity index is 280. The molecule has 0 aliphatic carbocycles. The number of rotatable bonds is 2. The maximum atomic E-state index is 12.3. The largest absolute Gasteiger partial charge is 0.392 e. The minimum Gasteiger partial charge on any atom is -0.392 e. The van der Waals surface area contributed by atoms with Gasteiger partial charge >= 0.3 is 0 Å². The lowest BCUT2D eigenvalue weighted by Crippen LogP contribution is -1.97. The second kappa shape index (κ2) is 4.08. The first kappa shape index (κ1) is 9.79. The summed E-state index contributed by atoms with van der Waals surface area (Å²) < 4.78 is 25.0. The van der Waals surface area contributed by atoms with Gasteiger partial charge in [-0.2, -0.15) is 0 Å². The van der Waals surface area contributed by atoms with Crippen molar-refractivity contribution in [3.05, 3.63) is 27.1 Å². The predicted molar refractivity (Wildman–Crippen MR) is 47.8 cm³/mol. The number of aliphatic hydroxyl groups excluding tert-OH is 1. The molecule has 0 aliphatic rings. The van der Waals surface area contributed by atoms with E-state index >= 15 is 0 Å². The van der Waals surface area contributed by atoms with Gasteiger partial charge in [0.2, 0.25) is 0 Å². The van der Waals surface area contributed by atoms with Gasteiger partial charge in [-0.25, -0.2) is 13.8 Å². The normalized spacial score (nSPS) is 10.8. The summed E-state index contributed by atoms with van der Waals surface area (Å²) in [5.41, 5.74) is 0.0438. The van der Waals surface area contributed by atoms with Crippen LogP contribution in [0.4, 0.5) is 8.78 Å². The van der Waals surface area contributed by atoms with Crippen LogP contribution in [0, 0.1) is 3.70 Å². The number of nitrogens with zero attached hydrogens (tertiary/aromatic N) is 1. The van der Waals surface area contributed by atoms with Gasteiger partial charge in [0.05, 0.1) is 6.61 Å². The van der Waals surface area contributed by atoms with Crippen LogP contribution in [-0.4, -0.2) is 10.1 Å². The van der Waals surface area contributed by atoms with Crippen molar-refractivity contribution in [2.75, 3.05) is 0 Å². The molecule has 0 saturated carbocycles. The summed E-state index contributed by atoms with van der Waals surface area (Å²) in [5, 5.41) is 8.68. The number of hydrogen-bond acceptors (Lipinski definition) is 2. The standard InChI is InChI=1S/C7H6F2INO/c8-7(9)5-1-6(10)11-2-4(5)3-12/h1-2,7,12H,3H2. The molecule has 0 radical (unpaired) electrons. The molecule has 0 amide bonds. The first-order chi connectivity index (χ1) is 5.65. The Labute approximate surface area is 81.8 Å². The van der Waals surface area contributed by atoms with E-state index in [4.69, 9.17) is 5.11 Å². The minimum absolute atomic E-state index is 0.142. The fourth-order valence-corrected chi connectivity index (χ4v) is 1.28. The number of aliphatic hydroxyl groups is 1. The second-order valence-corrected chi connectivity index (χ2v) is 3.27. The summed E-state index contributed by atoms with van der Waals surface area (Å²) >= 11 is 1.85. The van der Waals surface area contributed by atoms with E-state index in [1.807, 2.05) is 22.6 Å². The smallest absolute Gasteiger partial charge is 0.264 e. The summed E-state index contributed by atoms with van der Waals surface area (Å²) in [6.07, 6.45) is -1.29. The van der Waals surface area contributed by atoms with Crippen LogP contribution in [0.2, 0.25) is 0 Å². The van der Waals surface area contributed by atoms with Gasteiger partial charge in [-0.3, -0.25) is 0 Å². The van der Waals surface area contributed by atoms with E-state index in [1.54, 1.807) is 0 Å². The lowest BCUT2D eigenvalue weighted by atomic mass is 10.1. The first-order valence-electron chi connectivity index (χ1n) is 3.18. The van der Waals surface area contributed by atoms with E-state index in [0.717, 1.165) is 0 Å². The molecule has 0 fully saturated rings. The zero-order valence-corrected chi connectivity index (χ0v) is 8.12. The van der Waals surface area contributed by atoms with Crippen molar-refractivity contribution in [2.45, 2.75) is 13.0 Å². The van der Waals surface area contributed by atoms with Crippen LogP contribution in [0.5, 0.6) is 0 Å². The van der Waals surface area contributed by atoms with E-state index in [0.29, 0.717) is 3.70 Å². The van der Waals surface area contributed by atoms with Crippen LogP contribution in [0.1, 0.15) is 17.6 Å². The molecule has 1 N–H and O–H groups in total. The van der Waals surface area contributed by atoms with Gasteiger partial charge in [-0.15, -0.1) is 0 Å². The molecule has 1 aromatic heterocycles. The highest BCUT2D eigenvalue weighted by atomic mass is 127. The van der Waals surface area contributed by atoms with Gasteiger partial charge in [0.25, 0.3) is 6.43 Å². The van der Waals surface area contributed by atoms with Gasteiger partial charge in [0.15, 0.2) is 0 Å². The predicted octanol–water partition coefficient (Wildman–Crippen LogP) is 2.12. The van der Waals surface area contributed by atoms with Crippen LogP contribution >= 0.6 is 22.6 Å². The molecule has 12 heavy (non-hydrogen) atoms. The third kappa shape index (κ3) is 2.10. The number of aromatic nitrogens is 1. The van der Waals surface area contributed by atoms with E-state index < -0.39 is 13.0 Å². The summed E-state index contributed by atoms with van der Waals surface area (Å²) in [7, 11) is 0. The zero-order chi connectivity index (χ0) is 9.14. The highest BCUT2D eigenvalue weighted by Gasteiger charge is 2.12. The van der Waals surface area contributed by atoms with Crippen molar-refractivity contribution < 1.29 is 13.9 Å². The molecule has 0 saturated heterocycles. The Balaban J connectivity index is 3.12. The lowest BCUT2D eigenvalue weighted by Gasteiger charge is -2.05. The molecule has 0 atom stereocenters. The Kier molecular flexibility index (Phi) is 3.33. The Morgan fingerprint density at radius 1 is 1.58 bits per heavy atom. The maximum absolute atomic E-state index is 12.3. The minimum atomic E-state index is -2.55. The SMILES string of the molecule is OCc1cnc(I)cc1C(F)F. The summed E-state index contributed by atoms with van der Waals surface area (Å²) in [6.45, 7) is -0.399. The molecular formula is C7H6F2INO. The van der Waals surface area contributed by atoms with Crippen molar-refractivity contribution in [3.63, 3.8) is 0 Å². The van der Waals surface area contributed by atoms with Crippen molar-refractivity contribution in [1.82, 2.24) is 4.98 Å². The molecular weight excluding hydrogens is 279 g/mol. The van der Waals surface area contributed by atoms with Gasteiger partial charge in [0, 0.05) is 17.3 Å². The second-order valence-electron chi connectivity index (χ2n) is 2.16. The molecule has 0 bridgehead atoms. The maximum Gasteiger partial charge on any atom is 0.264 e. The third-order valence-electron chi connectivity index (χ3n) is 1.39. The summed E-state index contributed by atoms with van der Waals surface area (Å²) in [6, 6.07) is 1.27. The van der Waals surface area contributed by atoms with E-state index in [-0.39, 0.29) is 11.1 Å². The Hall–Kier alpha value is -0.300. The molecule has 1 aromatic rings. The van der Waals surface area contributed by atoms with E-state index in [9.17, 15) is 8.78 Å². The molecule has 0 aromatic carbocycles. The van der Waals surface area contributed by atoms with Gasteiger partial charge < -0.3 is 5.11 Å². The topological polar surface area (TPSA) is 33.1 Å². The molecule has 1 heterocycles. The van der Waals surface area contributed by atoms with Crippen LogP contribution in [0.25, 0.3) is 0 Å². The highest BCUT2D eigenvalue weighted by molar-refractivity contribution is 14.1. The number of pyridine rings is 1. The fraction of sp³-hybridized carbons (Fsp3) is 0.286. The van der Waals surface area contributed by atoms with Crippen LogP contribution in [-0.2, 0) is 6.61 Å². The van der Waals surface area contributed by atoms with Gasteiger partial charge in [-0.1, -0.05) is 0 Å². The van der Waals surface area contributed by atoms with E-state index in [1.165, 1.54) is 12.3 Å². The molecule has 2 nitrogen and oxygen atoms in total. The van der Waals surface area contributed by atoms with Crippen molar-refractivity contribution in [2.24, 2.45) is 0 Å². The summed E-state index contributed by atoms with van der Waals surface area (Å²) in [4.78, 5) is 3.79.